The van der Waals surface area contributed by atoms with Gasteiger partial charge in [-0.15, -0.1) is 0 Å². The number of rotatable bonds is 6. The molecule has 36 heavy (non-hydrogen) atoms. The van der Waals surface area contributed by atoms with Crippen LogP contribution in [0.5, 0.6) is 5.75 Å². The number of aliphatic hydroxyl groups excluding tert-OH is 1. The molecule has 184 valence electrons. The highest BCUT2D eigenvalue weighted by molar-refractivity contribution is 6.08. The fourth-order valence-corrected chi connectivity index (χ4v) is 5.66. The molecule has 1 saturated carbocycles. The van der Waals surface area contributed by atoms with E-state index in [9.17, 15) is 9.90 Å². The molecule has 3 aliphatic rings. The van der Waals surface area contributed by atoms with E-state index in [0.717, 1.165) is 50.3 Å². The molecule has 1 aliphatic carbocycles. The molecule has 1 atom stereocenters. The van der Waals surface area contributed by atoms with Crippen molar-refractivity contribution in [3.05, 3.63) is 76.8 Å². The van der Waals surface area contributed by atoms with E-state index in [1.54, 1.807) is 16.7 Å². The first-order valence-corrected chi connectivity index (χ1v) is 12.5. The van der Waals surface area contributed by atoms with Crippen molar-refractivity contribution >= 4 is 17.4 Å². The predicted molar refractivity (Wildman–Crippen MR) is 136 cm³/mol. The minimum absolute atomic E-state index is 0.144. The molecule has 0 unspecified atom stereocenters. The van der Waals surface area contributed by atoms with Gasteiger partial charge in [0.2, 0.25) is 0 Å². The summed E-state index contributed by atoms with van der Waals surface area (Å²) >= 11 is 0. The van der Waals surface area contributed by atoms with E-state index in [-0.39, 0.29) is 23.2 Å². The van der Waals surface area contributed by atoms with Crippen molar-refractivity contribution < 1.29 is 14.6 Å². The van der Waals surface area contributed by atoms with Crippen LogP contribution in [0, 0.1) is 6.57 Å². The minimum Gasteiger partial charge on any atom is -0.497 e. The smallest absolute Gasteiger partial charge is 0.300 e. The number of anilines is 1. The third-order valence-electron chi connectivity index (χ3n) is 7.84. The molecule has 0 bridgehead atoms. The van der Waals surface area contributed by atoms with Gasteiger partial charge >= 0.3 is 0 Å². The Morgan fingerprint density at radius 1 is 1.11 bits per heavy atom. The molecule has 2 aliphatic heterocycles. The highest BCUT2D eigenvalue weighted by Gasteiger charge is 2.46. The van der Waals surface area contributed by atoms with Gasteiger partial charge in [0.05, 0.1) is 18.9 Å². The molecule has 1 N–H and O–H groups in total. The van der Waals surface area contributed by atoms with Crippen molar-refractivity contribution in [2.75, 3.05) is 38.2 Å². The average Bonchev–Trinajstić information content (AvgIpc) is 3.41. The number of amides is 1. The number of methoxy groups -OCH3 is 1. The summed E-state index contributed by atoms with van der Waals surface area (Å²) in [7, 11) is 1.61. The minimum atomic E-state index is -0.201. The van der Waals surface area contributed by atoms with Gasteiger partial charge in [-0.05, 0) is 72.7 Å². The number of carbonyl (C=O) groups excluding carboxylic acids is 1. The number of β-amino-alcohol motifs (C(OH)–C–C–N with tert-alkyl or cyclic N) is 1. The maximum Gasteiger partial charge on any atom is 0.300 e. The van der Waals surface area contributed by atoms with E-state index in [2.05, 4.69) is 27.0 Å². The van der Waals surface area contributed by atoms with Crippen LogP contribution >= 0.6 is 0 Å². The summed E-state index contributed by atoms with van der Waals surface area (Å²) < 4.78 is 6.84. The highest BCUT2D eigenvalue weighted by atomic mass is 16.5. The van der Waals surface area contributed by atoms with E-state index in [4.69, 9.17) is 11.3 Å². The third-order valence-corrected chi connectivity index (χ3v) is 7.84. The van der Waals surface area contributed by atoms with Gasteiger partial charge in [-0.1, -0.05) is 18.7 Å². The van der Waals surface area contributed by atoms with Crippen LogP contribution in [-0.4, -0.2) is 65.1 Å². The summed E-state index contributed by atoms with van der Waals surface area (Å²) in [6, 6.07) is 15.7. The van der Waals surface area contributed by atoms with Crippen molar-refractivity contribution in [1.29, 1.82) is 0 Å². The number of hydrogen-bond acceptors (Lipinski definition) is 5. The van der Waals surface area contributed by atoms with Gasteiger partial charge in [0.15, 0.2) is 0 Å². The molecule has 2 fully saturated rings. The first kappa shape index (κ1) is 22.8. The second-order valence-electron chi connectivity index (χ2n) is 10.1. The lowest BCUT2D eigenvalue weighted by atomic mass is 9.94. The van der Waals surface area contributed by atoms with E-state index >= 15 is 0 Å². The van der Waals surface area contributed by atoms with Gasteiger partial charge in [-0.2, -0.15) is 4.68 Å². The Hall–Kier alpha value is -3.67. The largest absolute Gasteiger partial charge is 0.497 e. The van der Waals surface area contributed by atoms with Gasteiger partial charge in [0.25, 0.3) is 11.7 Å². The van der Waals surface area contributed by atoms with Crippen LogP contribution in [0.15, 0.2) is 48.5 Å². The molecule has 8 nitrogen and oxygen atoms in total. The monoisotopic (exact) mass is 483 g/mol. The van der Waals surface area contributed by atoms with Gasteiger partial charge in [0.1, 0.15) is 11.4 Å². The molecule has 1 saturated heterocycles. The van der Waals surface area contributed by atoms with Crippen LogP contribution in [0.4, 0.5) is 11.5 Å². The maximum absolute atomic E-state index is 13.7. The number of fused-ring (bicyclic) bond motifs is 1. The van der Waals surface area contributed by atoms with Crippen LogP contribution in [0.25, 0.3) is 10.5 Å². The number of nitrogens with zero attached hydrogens (tertiary/aromatic N) is 5. The second kappa shape index (κ2) is 8.77. The summed E-state index contributed by atoms with van der Waals surface area (Å²) in [6.07, 6.45) is 3.55. The Bertz CT molecular complexity index is 1340. The topological polar surface area (TPSA) is 75.2 Å². The summed E-state index contributed by atoms with van der Waals surface area (Å²) in [5, 5.41) is 14.4. The lowest BCUT2D eigenvalue weighted by molar-refractivity contribution is 0.0973. The summed E-state index contributed by atoms with van der Waals surface area (Å²) in [5.74, 6) is 0.855. The Balaban J connectivity index is 1.26. The summed E-state index contributed by atoms with van der Waals surface area (Å²) in [6.45, 7) is 10.8. The lowest BCUT2D eigenvalue weighted by Gasteiger charge is -2.28. The van der Waals surface area contributed by atoms with Gasteiger partial charge in [0, 0.05) is 42.8 Å². The lowest BCUT2D eigenvalue weighted by Crippen LogP contribution is -2.38. The molecule has 1 aromatic heterocycles. The Morgan fingerprint density at radius 3 is 2.44 bits per heavy atom. The fraction of sp³-hybridized carbons (Fsp3) is 0.393. The van der Waals surface area contributed by atoms with E-state index < -0.39 is 0 Å². The number of hydrogen-bond donors (Lipinski definition) is 1. The second-order valence-corrected chi connectivity index (χ2v) is 10.1. The maximum atomic E-state index is 13.7. The molecule has 8 heteroatoms. The zero-order valence-corrected chi connectivity index (χ0v) is 20.4. The molecule has 2 aromatic carbocycles. The van der Waals surface area contributed by atoms with Crippen molar-refractivity contribution in [2.24, 2.45) is 0 Å². The standard InChI is InChI=1S/C28H29N5O3/c1-29-26-24-12-16-32(27(35)25(24)33(30-26)21-7-9-23(36-2)10-8-21)20-5-3-19(4-6-20)28(13-14-28)18-31-15-11-22(34)17-31/h3-10,22,34H,11-18H2,2H3/t22-/m1/s1. The van der Waals surface area contributed by atoms with E-state index in [1.807, 2.05) is 36.4 Å². The van der Waals surface area contributed by atoms with Gasteiger partial charge in [-0.25, -0.2) is 0 Å². The Morgan fingerprint density at radius 2 is 1.83 bits per heavy atom. The van der Waals surface area contributed by atoms with Crippen molar-refractivity contribution in [3.8, 4) is 11.4 Å². The fourth-order valence-electron chi connectivity index (χ4n) is 5.66. The first-order chi connectivity index (χ1) is 17.5. The number of aromatic nitrogens is 2. The molecular formula is C28H29N5O3. The normalized spacial score (nSPS) is 20.8. The van der Waals surface area contributed by atoms with E-state index in [0.29, 0.717) is 30.0 Å². The number of likely N-dealkylation sites (tertiary alicyclic amines) is 1. The summed E-state index contributed by atoms with van der Waals surface area (Å²) in [5.41, 5.74) is 4.20. The SMILES string of the molecule is [C-]#[N+]c1nn(-c2ccc(OC)cc2)c2c1CCN(c1ccc(C3(CN4CC[C@@H](O)C4)CC3)cc1)C2=O. The zero-order valence-electron chi connectivity index (χ0n) is 20.4. The molecule has 0 spiro atoms. The van der Waals surface area contributed by atoms with Crippen LogP contribution in [0.3, 0.4) is 0 Å². The Kier molecular flexibility index (Phi) is 5.55. The number of aliphatic hydroxyl groups is 1. The molecule has 3 aromatic rings. The molecule has 1 amide bonds. The number of ether oxygens (including phenoxy) is 1. The quantitative estimate of drug-likeness (QED) is 0.541. The van der Waals surface area contributed by atoms with Crippen molar-refractivity contribution in [2.45, 2.75) is 37.2 Å². The molecule has 0 radical (unpaired) electrons. The van der Waals surface area contributed by atoms with Crippen molar-refractivity contribution in [3.63, 3.8) is 0 Å². The summed E-state index contributed by atoms with van der Waals surface area (Å²) in [4.78, 5) is 21.5. The van der Waals surface area contributed by atoms with Crippen LogP contribution in [0.1, 0.15) is 40.9 Å². The molecule has 6 rings (SSSR count). The number of carbonyl (C=O) groups is 1. The van der Waals surface area contributed by atoms with Crippen LogP contribution < -0.4 is 9.64 Å². The molecular weight excluding hydrogens is 454 g/mol. The predicted octanol–water partition coefficient (Wildman–Crippen LogP) is 3.73. The molecule has 3 heterocycles. The zero-order chi connectivity index (χ0) is 24.9. The first-order valence-electron chi connectivity index (χ1n) is 12.5. The van der Waals surface area contributed by atoms with Gasteiger partial charge < -0.3 is 19.6 Å². The van der Waals surface area contributed by atoms with Crippen molar-refractivity contribution in [1.82, 2.24) is 14.7 Å². The van der Waals surface area contributed by atoms with Crippen LogP contribution in [-0.2, 0) is 11.8 Å². The third kappa shape index (κ3) is 3.85. The van der Waals surface area contributed by atoms with Crippen LogP contribution in [0.2, 0.25) is 0 Å². The average molecular weight is 484 g/mol. The number of benzene rings is 2. The van der Waals surface area contributed by atoms with Gasteiger partial charge in [-0.3, -0.25) is 9.69 Å². The highest BCUT2D eigenvalue weighted by Crippen LogP contribution is 2.49. The van der Waals surface area contributed by atoms with E-state index in [1.165, 1.54) is 5.56 Å². The Labute approximate surface area is 210 Å².